The Balaban J connectivity index is 1.71. The highest BCUT2D eigenvalue weighted by Crippen LogP contribution is 2.12. The molecule has 0 aliphatic heterocycles. The van der Waals surface area contributed by atoms with Crippen LogP contribution in [0.15, 0.2) is 24.3 Å². The normalized spacial score (nSPS) is 11.0. The maximum atomic E-state index is 5.61. The number of hydrogen-bond donors (Lipinski definition) is 1. The van der Waals surface area contributed by atoms with Gasteiger partial charge in [-0.15, -0.1) is 0 Å². The highest BCUT2D eigenvalue weighted by molar-refractivity contribution is 5.41. The molecule has 0 amide bonds. The Bertz CT molecular complexity index is 431. The van der Waals surface area contributed by atoms with Crippen LogP contribution in [0.25, 0.3) is 0 Å². The van der Waals surface area contributed by atoms with E-state index in [9.17, 15) is 0 Å². The van der Waals surface area contributed by atoms with Crippen LogP contribution in [-0.2, 0) is 28.4 Å². The van der Waals surface area contributed by atoms with Crippen LogP contribution in [0.2, 0.25) is 0 Å². The molecule has 0 aliphatic carbocycles. The number of rotatable bonds is 19. The summed E-state index contributed by atoms with van der Waals surface area (Å²) in [4.78, 5) is 0. The lowest BCUT2D eigenvalue weighted by molar-refractivity contribution is -0.0159. The number of nitrogen functional groups attached to an aromatic ring is 1. The molecule has 1 rings (SSSR count). The van der Waals surface area contributed by atoms with Crippen molar-refractivity contribution in [2.75, 3.05) is 92.1 Å². The molecular weight excluding hydrogens is 354 g/mol. The summed E-state index contributed by atoms with van der Waals surface area (Å²) in [6.45, 7) is 6.53. The molecule has 0 aromatic heterocycles. The zero-order chi connectivity index (χ0) is 19.4. The average molecular weight is 387 g/mol. The predicted octanol–water partition coefficient (Wildman–Crippen LogP) is 1.38. The van der Waals surface area contributed by atoms with Crippen LogP contribution in [0.5, 0.6) is 5.75 Å². The lowest BCUT2D eigenvalue weighted by atomic mass is 10.3. The van der Waals surface area contributed by atoms with Gasteiger partial charge in [0.15, 0.2) is 0 Å². The van der Waals surface area contributed by atoms with Crippen LogP contribution < -0.4 is 10.5 Å². The second kappa shape index (κ2) is 18.0. The van der Waals surface area contributed by atoms with Crippen LogP contribution in [-0.4, -0.2) is 86.4 Å². The van der Waals surface area contributed by atoms with Gasteiger partial charge in [0.05, 0.1) is 72.7 Å². The van der Waals surface area contributed by atoms with E-state index in [2.05, 4.69) is 0 Å². The highest BCUT2D eigenvalue weighted by atomic mass is 16.6. The summed E-state index contributed by atoms with van der Waals surface area (Å²) in [6, 6.07) is 7.27. The maximum absolute atomic E-state index is 5.61. The Morgan fingerprint density at radius 3 is 1.33 bits per heavy atom. The minimum absolute atomic E-state index is 0.491. The molecule has 8 nitrogen and oxygen atoms in total. The van der Waals surface area contributed by atoms with Gasteiger partial charge in [0.1, 0.15) is 12.4 Å². The molecule has 0 heterocycles. The second-order valence-corrected chi connectivity index (χ2v) is 5.47. The first-order chi connectivity index (χ1) is 13.3. The molecule has 0 saturated carbocycles. The SMILES string of the molecule is COCCOCCOCCOCCOCCOCCOc1ccc(N)cc1. The number of nitrogens with two attached hydrogens (primary N) is 1. The molecule has 0 saturated heterocycles. The number of ether oxygens (including phenoxy) is 7. The van der Waals surface area contributed by atoms with Crippen molar-refractivity contribution in [2.24, 2.45) is 0 Å². The van der Waals surface area contributed by atoms with Crippen molar-refractivity contribution >= 4 is 5.69 Å². The molecule has 0 unspecified atom stereocenters. The zero-order valence-electron chi connectivity index (χ0n) is 16.2. The van der Waals surface area contributed by atoms with E-state index in [1.165, 1.54) is 0 Å². The Labute approximate surface area is 161 Å². The van der Waals surface area contributed by atoms with Gasteiger partial charge in [-0.2, -0.15) is 0 Å². The number of benzene rings is 1. The maximum Gasteiger partial charge on any atom is 0.119 e. The van der Waals surface area contributed by atoms with E-state index in [4.69, 9.17) is 38.9 Å². The standard InChI is InChI=1S/C19H33NO7/c1-21-6-7-22-8-9-23-10-11-24-12-13-25-14-15-26-16-17-27-19-4-2-18(20)3-5-19/h2-5H,6-17,20H2,1H3. The summed E-state index contributed by atoms with van der Waals surface area (Å²) in [6.07, 6.45) is 0. The summed E-state index contributed by atoms with van der Waals surface area (Å²) in [5.41, 5.74) is 6.33. The van der Waals surface area contributed by atoms with Crippen LogP contribution in [0.3, 0.4) is 0 Å². The molecule has 0 aliphatic rings. The lowest BCUT2D eigenvalue weighted by Gasteiger charge is -2.09. The fourth-order valence-corrected chi connectivity index (χ4v) is 1.91. The third-order valence-electron chi connectivity index (χ3n) is 3.30. The van der Waals surface area contributed by atoms with Gasteiger partial charge < -0.3 is 38.9 Å². The molecule has 0 atom stereocenters. The van der Waals surface area contributed by atoms with Crippen molar-refractivity contribution < 1.29 is 33.2 Å². The smallest absolute Gasteiger partial charge is 0.119 e. The molecule has 1 aromatic rings. The first kappa shape index (κ1) is 23.6. The number of methoxy groups -OCH3 is 1. The van der Waals surface area contributed by atoms with E-state index < -0.39 is 0 Å². The molecule has 0 fully saturated rings. The fraction of sp³-hybridized carbons (Fsp3) is 0.684. The van der Waals surface area contributed by atoms with Gasteiger partial charge in [-0.1, -0.05) is 0 Å². The predicted molar refractivity (Wildman–Crippen MR) is 102 cm³/mol. The van der Waals surface area contributed by atoms with Crippen LogP contribution in [0, 0.1) is 0 Å². The van der Waals surface area contributed by atoms with Gasteiger partial charge in [-0.3, -0.25) is 0 Å². The molecule has 0 spiro atoms. The lowest BCUT2D eigenvalue weighted by Crippen LogP contribution is -2.14. The monoisotopic (exact) mass is 387 g/mol. The molecular formula is C19H33NO7. The minimum atomic E-state index is 0.491. The fourth-order valence-electron chi connectivity index (χ4n) is 1.91. The topological polar surface area (TPSA) is 90.6 Å². The summed E-state index contributed by atoms with van der Waals surface area (Å²) in [7, 11) is 1.65. The molecule has 1 aromatic carbocycles. The van der Waals surface area contributed by atoms with E-state index in [-0.39, 0.29) is 0 Å². The van der Waals surface area contributed by atoms with Crippen molar-refractivity contribution in [2.45, 2.75) is 0 Å². The molecule has 27 heavy (non-hydrogen) atoms. The molecule has 8 heteroatoms. The average Bonchev–Trinajstić information content (AvgIpc) is 2.68. The first-order valence-electron chi connectivity index (χ1n) is 9.19. The third-order valence-corrected chi connectivity index (χ3v) is 3.30. The third kappa shape index (κ3) is 15.3. The molecule has 0 bridgehead atoms. The van der Waals surface area contributed by atoms with Gasteiger partial charge in [0.25, 0.3) is 0 Å². The van der Waals surface area contributed by atoms with Gasteiger partial charge in [0, 0.05) is 12.8 Å². The molecule has 2 N–H and O–H groups in total. The van der Waals surface area contributed by atoms with Crippen molar-refractivity contribution in [3.05, 3.63) is 24.3 Å². The molecule has 0 radical (unpaired) electrons. The van der Waals surface area contributed by atoms with E-state index in [1.807, 2.05) is 12.1 Å². The number of anilines is 1. The Morgan fingerprint density at radius 1 is 0.556 bits per heavy atom. The van der Waals surface area contributed by atoms with Crippen molar-refractivity contribution in [3.8, 4) is 5.75 Å². The van der Waals surface area contributed by atoms with Crippen molar-refractivity contribution in [1.82, 2.24) is 0 Å². The molecule has 156 valence electrons. The van der Waals surface area contributed by atoms with Crippen molar-refractivity contribution in [1.29, 1.82) is 0 Å². The van der Waals surface area contributed by atoms with E-state index in [1.54, 1.807) is 19.2 Å². The van der Waals surface area contributed by atoms with Gasteiger partial charge in [-0.05, 0) is 24.3 Å². The summed E-state index contributed by atoms with van der Waals surface area (Å²) in [5, 5.41) is 0. The van der Waals surface area contributed by atoms with Gasteiger partial charge in [0.2, 0.25) is 0 Å². The zero-order valence-corrected chi connectivity index (χ0v) is 16.2. The van der Waals surface area contributed by atoms with Crippen LogP contribution >= 0.6 is 0 Å². The summed E-state index contributed by atoms with van der Waals surface area (Å²) < 4.78 is 37.3. The summed E-state index contributed by atoms with van der Waals surface area (Å²) >= 11 is 0. The quantitative estimate of drug-likeness (QED) is 0.281. The summed E-state index contributed by atoms with van der Waals surface area (Å²) in [5.74, 6) is 0.781. The largest absolute Gasteiger partial charge is 0.491 e. The van der Waals surface area contributed by atoms with Gasteiger partial charge in [-0.25, -0.2) is 0 Å². The Morgan fingerprint density at radius 2 is 0.926 bits per heavy atom. The Hall–Kier alpha value is -1.42. The van der Waals surface area contributed by atoms with E-state index >= 15 is 0 Å². The van der Waals surface area contributed by atoms with Crippen LogP contribution in [0.1, 0.15) is 0 Å². The van der Waals surface area contributed by atoms with Gasteiger partial charge >= 0.3 is 0 Å². The minimum Gasteiger partial charge on any atom is -0.491 e. The van der Waals surface area contributed by atoms with Crippen LogP contribution in [0.4, 0.5) is 5.69 Å². The second-order valence-electron chi connectivity index (χ2n) is 5.47. The van der Waals surface area contributed by atoms with Crippen molar-refractivity contribution in [3.63, 3.8) is 0 Å². The first-order valence-corrected chi connectivity index (χ1v) is 9.19. The Kier molecular flexibility index (Phi) is 15.7. The highest BCUT2D eigenvalue weighted by Gasteiger charge is 1.95. The van der Waals surface area contributed by atoms with E-state index in [0.29, 0.717) is 79.3 Å². The number of hydrogen-bond acceptors (Lipinski definition) is 8. The van der Waals surface area contributed by atoms with E-state index in [0.717, 1.165) is 11.4 Å².